The Morgan fingerprint density at radius 2 is 1.53 bits per heavy atom. The van der Waals surface area contributed by atoms with Gasteiger partial charge in [0.15, 0.2) is 6.29 Å². The van der Waals surface area contributed by atoms with Crippen molar-refractivity contribution in [3.63, 3.8) is 0 Å². The molecule has 1 saturated carbocycles. The van der Waals surface area contributed by atoms with E-state index >= 15 is 0 Å². The van der Waals surface area contributed by atoms with Gasteiger partial charge in [-0.1, -0.05) is 92.4 Å². The van der Waals surface area contributed by atoms with E-state index in [2.05, 4.69) is 72.4 Å². The number of ether oxygens (including phenoxy) is 2. The van der Waals surface area contributed by atoms with Gasteiger partial charge in [0.25, 0.3) is 0 Å². The van der Waals surface area contributed by atoms with Gasteiger partial charge in [0, 0.05) is 6.42 Å². The van der Waals surface area contributed by atoms with E-state index in [9.17, 15) is 0 Å². The molecule has 0 heterocycles. The first-order chi connectivity index (χ1) is 14.3. The second-order valence-corrected chi connectivity index (χ2v) is 10.3. The molecule has 0 N–H and O–H groups in total. The zero-order chi connectivity index (χ0) is 22.1. The van der Waals surface area contributed by atoms with Gasteiger partial charge in [-0.2, -0.15) is 0 Å². The SMILES string of the molecule is C=C(c1ccc(OC(CC(C(C)C)C(C)C)OCCC2CCCCC2)cc1)C(C)C. The first kappa shape index (κ1) is 25.0. The first-order valence-corrected chi connectivity index (χ1v) is 12.3. The molecular formula is C28H46O2. The van der Waals surface area contributed by atoms with Crippen LogP contribution in [0.15, 0.2) is 30.8 Å². The molecule has 0 aliphatic heterocycles. The molecule has 2 rings (SSSR count). The molecule has 0 amide bonds. The maximum atomic E-state index is 6.38. The highest BCUT2D eigenvalue weighted by Gasteiger charge is 2.24. The van der Waals surface area contributed by atoms with Crippen LogP contribution in [-0.4, -0.2) is 12.9 Å². The van der Waals surface area contributed by atoms with Crippen LogP contribution in [0.25, 0.3) is 5.57 Å². The van der Waals surface area contributed by atoms with Crippen molar-refractivity contribution in [2.45, 2.75) is 92.8 Å². The van der Waals surface area contributed by atoms with E-state index < -0.39 is 0 Å². The molecule has 0 saturated heterocycles. The third kappa shape index (κ3) is 8.10. The second kappa shape index (κ2) is 12.5. The zero-order valence-corrected chi connectivity index (χ0v) is 20.5. The third-order valence-corrected chi connectivity index (χ3v) is 6.92. The van der Waals surface area contributed by atoms with E-state index in [0.717, 1.165) is 24.7 Å². The molecule has 2 heteroatoms. The molecular weight excluding hydrogens is 368 g/mol. The Kier molecular flexibility index (Phi) is 10.4. The molecule has 170 valence electrons. The van der Waals surface area contributed by atoms with Crippen molar-refractivity contribution in [2.24, 2.45) is 29.6 Å². The fourth-order valence-corrected chi connectivity index (χ4v) is 4.76. The van der Waals surface area contributed by atoms with Crippen molar-refractivity contribution in [1.82, 2.24) is 0 Å². The summed E-state index contributed by atoms with van der Waals surface area (Å²) in [7, 11) is 0. The molecule has 0 spiro atoms. The van der Waals surface area contributed by atoms with Crippen LogP contribution < -0.4 is 4.74 Å². The average Bonchev–Trinajstić information content (AvgIpc) is 2.72. The van der Waals surface area contributed by atoms with Gasteiger partial charge in [0.2, 0.25) is 0 Å². The van der Waals surface area contributed by atoms with E-state index in [0.29, 0.717) is 23.7 Å². The van der Waals surface area contributed by atoms with E-state index in [1.54, 1.807) is 0 Å². The number of benzene rings is 1. The van der Waals surface area contributed by atoms with Gasteiger partial charge >= 0.3 is 0 Å². The minimum Gasteiger partial charge on any atom is -0.465 e. The quantitative estimate of drug-likeness (QED) is 0.320. The molecule has 2 nitrogen and oxygen atoms in total. The maximum Gasteiger partial charge on any atom is 0.200 e. The van der Waals surface area contributed by atoms with Crippen LogP contribution in [0, 0.1) is 29.6 Å². The van der Waals surface area contributed by atoms with E-state index in [1.807, 2.05) is 0 Å². The predicted octanol–water partition coefficient (Wildman–Crippen LogP) is 8.37. The molecule has 1 atom stereocenters. The van der Waals surface area contributed by atoms with Gasteiger partial charge in [0.05, 0.1) is 6.61 Å². The van der Waals surface area contributed by atoms with Crippen molar-refractivity contribution >= 4 is 5.57 Å². The fourth-order valence-electron chi connectivity index (χ4n) is 4.76. The van der Waals surface area contributed by atoms with Crippen molar-refractivity contribution in [2.75, 3.05) is 6.61 Å². The third-order valence-electron chi connectivity index (χ3n) is 6.92. The lowest BCUT2D eigenvalue weighted by Gasteiger charge is -2.30. The highest BCUT2D eigenvalue weighted by molar-refractivity contribution is 5.65. The number of rotatable bonds is 12. The molecule has 1 fully saturated rings. The van der Waals surface area contributed by atoms with Crippen molar-refractivity contribution in [1.29, 1.82) is 0 Å². The highest BCUT2D eigenvalue weighted by atomic mass is 16.7. The minimum absolute atomic E-state index is 0.178. The Bertz CT molecular complexity index is 600. The van der Waals surface area contributed by atoms with Gasteiger partial charge in [-0.3, -0.25) is 0 Å². The molecule has 0 bridgehead atoms. The number of hydrogen-bond acceptors (Lipinski definition) is 2. The summed E-state index contributed by atoms with van der Waals surface area (Å²) in [6.45, 7) is 18.6. The standard InChI is InChI=1S/C28H46O2/c1-20(2)23(7)25-13-15-26(16-14-25)30-28(19-27(21(3)4)22(5)6)29-18-17-24-11-9-8-10-12-24/h13-16,20-22,24,27-28H,7-12,17-19H2,1-6H3. The number of allylic oxidation sites excluding steroid dienone is 1. The Hall–Kier alpha value is -1.28. The largest absolute Gasteiger partial charge is 0.465 e. The zero-order valence-electron chi connectivity index (χ0n) is 20.5. The summed E-state index contributed by atoms with van der Waals surface area (Å²) in [5.74, 6) is 4.01. The summed E-state index contributed by atoms with van der Waals surface area (Å²) in [6.07, 6.45) is 8.87. The van der Waals surface area contributed by atoms with Crippen LogP contribution in [-0.2, 0) is 4.74 Å². The van der Waals surface area contributed by atoms with Gasteiger partial charge in [0.1, 0.15) is 5.75 Å². The van der Waals surface area contributed by atoms with E-state index in [4.69, 9.17) is 9.47 Å². The monoisotopic (exact) mass is 414 g/mol. The van der Waals surface area contributed by atoms with Gasteiger partial charge in [-0.25, -0.2) is 0 Å². The lowest BCUT2D eigenvalue weighted by Crippen LogP contribution is -2.29. The summed E-state index contributed by atoms with van der Waals surface area (Å²) in [5.41, 5.74) is 2.36. The van der Waals surface area contributed by atoms with Crippen LogP contribution in [0.4, 0.5) is 0 Å². The average molecular weight is 415 g/mol. The molecule has 1 aromatic rings. The normalized spacial score (nSPS) is 16.6. The van der Waals surface area contributed by atoms with Crippen LogP contribution in [0.1, 0.15) is 92.1 Å². The van der Waals surface area contributed by atoms with Crippen LogP contribution in [0.3, 0.4) is 0 Å². The lowest BCUT2D eigenvalue weighted by molar-refractivity contribution is -0.103. The molecule has 30 heavy (non-hydrogen) atoms. The molecule has 1 aromatic carbocycles. The molecule has 0 aromatic heterocycles. The maximum absolute atomic E-state index is 6.38. The summed E-state index contributed by atoms with van der Waals surface area (Å²) in [6, 6.07) is 8.39. The van der Waals surface area contributed by atoms with Crippen LogP contribution in [0.2, 0.25) is 0 Å². The molecule has 1 aliphatic rings. The summed E-state index contributed by atoms with van der Waals surface area (Å²) < 4.78 is 12.7. The summed E-state index contributed by atoms with van der Waals surface area (Å²) in [4.78, 5) is 0. The van der Waals surface area contributed by atoms with Gasteiger partial charge in [-0.05, 0) is 59.3 Å². The minimum atomic E-state index is -0.178. The van der Waals surface area contributed by atoms with Gasteiger partial charge < -0.3 is 9.47 Å². The Balaban J connectivity index is 2.00. The highest BCUT2D eigenvalue weighted by Crippen LogP contribution is 2.30. The van der Waals surface area contributed by atoms with E-state index in [-0.39, 0.29) is 6.29 Å². The summed E-state index contributed by atoms with van der Waals surface area (Å²) in [5, 5.41) is 0. The number of hydrogen-bond donors (Lipinski definition) is 0. The van der Waals surface area contributed by atoms with Crippen molar-refractivity contribution < 1.29 is 9.47 Å². The Labute approximate surface area is 186 Å². The van der Waals surface area contributed by atoms with Crippen LogP contribution >= 0.6 is 0 Å². The first-order valence-electron chi connectivity index (χ1n) is 12.3. The van der Waals surface area contributed by atoms with Crippen molar-refractivity contribution in [3.05, 3.63) is 36.4 Å². The Morgan fingerprint density at radius 3 is 2.07 bits per heavy atom. The smallest absolute Gasteiger partial charge is 0.200 e. The predicted molar refractivity (Wildman–Crippen MR) is 130 cm³/mol. The van der Waals surface area contributed by atoms with Gasteiger partial charge in [-0.15, -0.1) is 0 Å². The second-order valence-electron chi connectivity index (χ2n) is 10.3. The fraction of sp³-hybridized carbons (Fsp3) is 0.714. The van der Waals surface area contributed by atoms with Crippen LogP contribution in [0.5, 0.6) is 5.75 Å². The molecule has 1 aliphatic carbocycles. The summed E-state index contributed by atoms with van der Waals surface area (Å²) >= 11 is 0. The topological polar surface area (TPSA) is 18.5 Å². The Morgan fingerprint density at radius 1 is 0.933 bits per heavy atom. The molecule has 1 unspecified atom stereocenters. The molecule has 0 radical (unpaired) electrons. The van der Waals surface area contributed by atoms with E-state index in [1.165, 1.54) is 49.7 Å². The lowest BCUT2D eigenvalue weighted by atomic mass is 9.83. The van der Waals surface area contributed by atoms with Crippen molar-refractivity contribution in [3.8, 4) is 5.75 Å².